The van der Waals surface area contributed by atoms with Crippen LogP contribution in [0.2, 0.25) is 0 Å². The van der Waals surface area contributed by atoms with E-state index in [4.69, 9.17) is 18.7 Å². The molecule has 1 heterocycles. The van der Waals surface area contributed by atoms with Crippen LogP contribution >= 0.6 is 0 Å². The minimum atomic E-state index is -0.572. The molecule has 0 aliphatic carbocycles. The Morgan fingerprint density at radius 3 is 2.46 bits per heavy atom. The van der Waals surface area contributed by atoms with Crippen molar-refractivity contribution in [2.45, 2.75) is 26.4 Å². The molecule has 7 heteroatoms. The second kappa shape index (κ2) is 8.56. The summed E-state index contributed by atoms with van der Waals surface area (Å²) >= 11 is 0. The van der Waals surface area contributed by atoms with Gasteiger partial charge in [-0.3, -0.25) is 0 Å². The standard InChI is InChI=1S/C21H22N2O5/c1-13(2)14-8-10-15(11-9-14)20-22-18(28-23-20)12-27-21(24)16-6-5-7-17(25-3)19(16)26-4/h5-11,13H,12H2,1-4H3. The number of esters is 1. The van der Waals surface area contributed by atoms with Crippen molar-refractivity contribution in [2.24, 2.45) is 0 Å². The molecule has 0 aliphatic rings. The van der Waals surface area contributed by atoms with E-state index in [2.05, 4.69) is 24.0 Å². The number of para-hydroxylation sites is 1. The second-order valence-electron chi connectivity index (χ2n) is 6.41. The van der Waals surface area contributed by atoms with Crippen molar-refractivity contribution in [1.82, 2.24) is 10.1 Å². The van der Waals surface area contributed by atoms with Gasteiger partial charge in [-0.25, -0.2) is 4.79 Å². The fraction of sp³-hybridized carbons (Fsp3) is 0.286. The van der Waals surface area contributed by atoms with E-state index in [0.717, 1.165) is 5.56 Å². The lowest BCUT2D eigenvalue weighted by Gasteiger charge is -2.11. The van der Waals surface area contributed by atoms with Gasteiger partial charge in [0.25, 0.3) is 5.89 Å². The predicted octanol–water partition coefficient (Wildman–Crippen LogP) is 4.23. The SMILES string of the molecule is COc1cccc(C(=O)OCc2nc(-c3ccc(C(C)C)cc3)no2)c1OC. The van der Waals surface area contributed by atoms with Crippen LogP contribution in [-0.4, -0.2) is 30.3 Å². The van der Waals surface area contributed by atoms with Crippen LogP contribution in [-0.2, 0) is 11.3 Å². The second-order valence-corrected chi connectivity index (χ2v) is 6.41. The Hall–Kier alpha value is -3.35. The average molecular weight is 382 g/mol. The molecule has 0 radical (unpaired) electrons. The number of rotatable bonds is 7. The van der Waals surface area contributed by atoms with E-state index in [0.29, 0.717) is 23.2 Å². The molecule has 0 spiro atoms. The monoisotopic (exact) mass is 382 g/mol. The first-order chi connectivity index (χ1) is 13.5. The third-order valence-electron chi connectivity index (χ3n) is 4.25. The Morgan fingerprint density at radius 2 is 1.82 bits per heavy atom. The van der Waals surface area contributed by atoms with Crippen LogP contribution in [0.3, 0.4) is 0 Å². The summed E-state index contributed by atoms with van der Waals surface area (Å²) < 4.78 is 20.9. The van der Waals surface area contributed by atoms with Gasteiger partial charge in [-0.15, -0.1) is 0 Å². The molecular weight excluding hydrogens is 360 g/mol. The Morgan fingerprint density at radius 1 is 1.07 bits per heavy atom. The minimum Gasteiger partial charge on any atom is -0.493 e. The van der Waals surface area contributed by atoms with Gasteiger partial charge in [0.1, 0.15) is 5.56 Å². The fourth-order valence-corrected chi connectivity index (χ4v) is 2.70. The van der Waals surface area contributed by atoms with Crippen molar-refractivity contribution in [2.75, 3.05) is 14.2 Å². The molecule has 2 aromatic carbocycles. The van der Waals surface area contributed by atoms with E-state index in [-0.39, 0.29) is 18.1 Å². The number of methoxy groups -OCH3 is 2. The maximum absolute atomic E-state index is 12.4. The lowest BCUT2D eigenvalue weighted by atomic mass is 10.0. The summed E-state index contributed by atoms with van der Waals surface area (Å²) in [5.74, 6) is 1.28. The Kier molecular flexibility index (Phi) is 5.93. The molecule has 1 aromatic heterocycles. The minimum absolute atomic E-state index is 0.143. The van der Waals surface area contributed by atoms with Gasteiger partial charge in [-0.1, -0.05) is 49.3 Å². The number of carbonyl (C=O) groups is 1. The molecule has 146 valence electrons. The maximum atomic E-state index is 12.4. The highest BCUT2D eigenvalue weighted by atomic mass is 16.6. The van der Waals surface area contributed by atoms with E-state index in [1.807, 2.05) is 24.3 Å². The van der Waals surface area contributed by atoms with Gasteiger partial charge < -0.3 is 18.7 Å². The molecule has 0 saturated carbocycles. The summed E-state index contributed by atoms with van der Waals surface area (Å²) in [7, 11) is 2.96. The first kappa shape index (κ1) is 19.4. The van der Waals surface area contributed by atoms with Crippen molar-refractivity contribution in [3.05, 3.63) is 59.5 Å². The van der Waals surface area contributed by atoms with Gasteiger partial charge in [0.15, 0.2) is 18.1 Å². The number of aromatic nitrogens is 2. The molecule has 0 N–H and O–H groups in total. The lowest BCUT2D eigenvalue weighted by molar-refractivity contribution is 0.0425. The van der Waals surface area contributed by atoms with Gasteiger partial charge in [-0.2, -0.15) is 4.98 Å². The molecule has 3 aromatic rings. The molecule has 0 atom stereocenters. The van der Waals surface area contributed by atoms with E-state index < -0.39 is 5.97 Å². The van der Waals surface area contributed by atoms with E-state index in [9.17, 15) is 4.79 Å². The molecule has 0 fully saturated rings. The van der Waals surface area contributed by atoms with Crippen molar-refractivity contribution < 1.29 is 23.5 Å². The number of hydrogen-bond donors (Lipinski definition) is 0. The van der Waals surface area contributed by atoms with Crippen LogP contribution in [0.15, 0.2) is 47.0 Å². The Labute approximate surface area is 163 Å². The average Bonchev–Trinajstić information content (AvgIpc) is 3.20. The summed E-state index contributed by atoms with van der Waals surface area (Å²) in [5, 5.41) is 3.95. The van der Waals surface area contributed by atoms with Crippen molar-refractivity contribution in [1.29, 1.82) is 0 Å². The summed E-state index contributed by atoms with van der Waals surface area (Å²) in [6, 6.07) is 12.9. The molecule has 0 amide bonds. The molecule has 0 saturated heterocycles. The predicted molar refractivity (Wildman–Crippen MR) is 102 cm³/mol. The normalized spacial score (nSPS) is 10.8. The molecular formula is C21H22N2O5. The zero-order valence-corrected chi connectivity index (χ0v) is 16.3. The Bertz CT molecular complexity index is 948. The van der Waals surface area contributed by atoms with Gasteiger partial charge in [0.05, 0.1) is 14.2 Å². The Balaban J connectivity index is 1.68. The van der Waals surface area contributed by atoms with Crippen LogP contribution in [0.4, 0.5) is 0 Å². The van der Waals surface area contributed by atoms with Gasteiger partial charge in [0.2, 0.25) is 5.82 Å². The fourth-order valence-electron chi connectivity index (χ4n) is 2.70. The van der Waals surface area contributed by atoms with Crippen molar-refractivity contribution in [3.63, 3.8) is 0 Å². The van der Waals surface area contributed by atoms with Gasteiger partial charge in [0, 0.05) is 5.56 Å². The zero-order chi connectivity index (χ0) is 20.1. The van der Waals surface area contributed by atoms with E-state index in [1.165, 1.54) is 19.8 Å². The van der Waals surface area contributed by atoms with Gasteiger partial charge in [-0.05, 0) is 23.6 Å². The van der Waals surface area contributed by atoms with Crippen molar-refractivity contribution >= 4 is 5.97 Å². The van der Waals surface area contributed by atoms with Crippen LogP contribution < -0.4 is 9.47 Å². The smallest absolute Gasteiger partial charge is 0.342 e. The quantitative estimate of drug-likeness (QED) is 0.565. The highest BCUT2D eigenvalue weighted by Gasteiger charge is 2.19. The topological polar surface area (TPSA) is 83.7 Å². The number of ether oxygens (including phenoxy) is 3. The van der Waals surface area contributed by atoms with E-state index >= 15 is 0 Å². The number of nitrogens with zero attached hydrogens (tertiary/aromatic N) is 2. The number of hydrogen-bond acceptors (Lipinski definition) is 7. The van der Waals surface area contributed by atoms with Crippen LogP contribution in [0.25, 0.3) is 11.4 Å². The molecule has 0 aliphatic heterocycles. The molecule has 0 bridgehead atoms. The first-order valence-corrected chi connectivity index (χ1v) is 8.84. The lowest BCUT2D eigenvalue weighted by Crippen LogP contribution is -2.08. The third-order valence-corrected chi connectivity index (χ3v) is 4.25. The largest absolute Gasteiger partial charge is 0.493 e. The summed E-state index contributed by atoms with van der Waals surface area (Å²) in [5.41, 5.74) is 2.32. The zero-order valence-electron chi connectivity index (χ0n) is 16.3. The maximum Gasteiger partial charge on any atom is 0.342 e. The highest BCUT2D eigenvalue weighted by molar-refractivity contribution is 5.93. The number of benzene rings is 2. The molecule has 3 rings (SSSR count). The van der Waals surface area contributed by atoms with Crippen molar-refractivity contribution in [3.8, 4) is 22.9 Å². The summed E-state index contributed by atoms with van der Waals surface area (Å²) in [6.45, 7) is 4.12. The summed E-state index contributed by atoms with van der Waals surface area (Å²) in [4.78, 5) is 16.7. The van der Waals surface area contributed by atoms with Crippen LogP contribution in [0.5, 0.6) is 11.5 Å². The van der Waals surface area contributed by atoms with Gasteiger partial charge >= 0.3 is 5.97 Å². The molecule has 28 heavy (non-hydrogen) atoms. The van der Waals surface area contributed by atoms with E-state index in [1.54, 1.807) is 18.2 Å². The first-order valence-electron chi connectivity index (χ1n) is 8.84. The molecule has 0 unspecified atom stereocenters. The summed E-state index contributed by atoms with van der Waals surface area (Å²) in [6.07, 6.45) is 0. The van der Waals surface area contributed by atoms with Crippen LogP contribution in [0, 0.1) is 0 Å². The number of carbonyl (C=O) groups excluding carboxylic acids is 1. The van der Waals surface area contributed by atoms with Crippen LogP contribution in [0.1, 0.15) is 41.6 Å². The highest BCUT2D eigenvalue weighted by Crippen LogP contribution is 2.31. The third kappa shape index (κ3) is 4.14. The molecule has 7 nitrogen and oxygen atoms in total.